The summed E-state index contributed by atoms with van der Waals surface area (Å²) in [4.78, 5) is 11.8. The molecule has 0 heterocycles. The third-order valence-corrected chi connectivity index (χ3v) is 2.80. The molecule has 0 spiro atoms. The second-order valence-electron chi connectivity index (χ2n) is 3.92. The van der Waals surface area contributed by atoms with Crippen LogP contribution >= 0.6 is 11.6 Å². The number of carbonyl (C=O) groups is 1. The van der Waals surface area contributed by atoms with Crippen molar-refractivity contribution in [2.75, 3.05) is 25.5 Å². The predicted molar refractivity (Wildman–Crippen MR) is 73.9 cm³/mol. The summed E-state index contributed by atoms with van der Waals surface area (Å²) in [7, 11) is 0. The van der Waals surface area contributed by atoms with Crippen LogP contribution < -0.4 is 11.1 Å². The molecule has 0 aliphatic heterocycles. The lowest BCUT2D eigenvalue weighted by atomic mass is 10.1. The summed E-state index contributed by atoms with van der Waals surface area (Å²) in [5.74, 6) is -0.228. The number of anilines is 1. The lowest BCUT2D eigenvalue weighted by molar-refractivity contribution is 0.0913. The fourth-order valence-electron chi connectivity index (χ4n) is 1.42. The van der Waals surface area contributed by atoms with E-state index in [2.05, 4.69) is 12.2 Å². The number of hydrogen-bond donors (Lipinski definition) is 2. The lowest BCUT2D eigenvalue weighted by Gasteiger charge is -2.08. The number of hydrogen-bond acceptors (Lipinski definition) is 3. The number of amides is 1. The third kappa shape index (κ3) is 4.55. The van der Waals surface area contributed by atoms with Crippen LogP contribution in [0, 0.1) is 0 Å². The minimum atomic E-state index is -0.228. The number of benzene rings is 1. The molecular weight excluding hydrogens is 252 g/mol. The first kappa shape index (κ1) is 14.8. The summed E-state index contributed by atoms with van der Waals surface area (Å²) >= 11 is 5.85. The van der Waals surface area contributed by atoms with Crippen molar-refractivity contribution >= 4 is 23.2 Å². The van der Waals surface area contributed by atoms with Crippen molar-refractivity contribution in [3.63, 3.8) is 0 Å². The maximum absolute atomic E-state index is 11.8. The highest BCUT2D eigenvalue weighted by molar-refractivity contribution is 6.33. The van der Waals surface area contributed by atoms with E-state index in [9.17, 15) is 4.79 Å². The molecule has 1 aromatic rings. The molecule has 18 heavy (non-hydrogen) atoms. The van der Waals surface area contributed by atoms with Gasteiger partial charge in [-0.15, -0.1) is 0 Å². The van der Waals surface area contributed by atoms with E-state index in [1.165, 1.54) is 0 Å². The van der Waals surface area contributed by atoms with Gasteiger partial charge in [-0.2, -0.15) is 0 Å². The lowest BCUT2D eigenvalue weighted by Crippen LogP contribution is -2.28. The highest BCUT2D eigenvalue weighted by atomic mass is 35.5. The SMILES string of the molecule is CCCCOCCNC(=O)c1cccc(Cl)c1N. The molecule has 0 aliphatic rings. The molecule has 1 aromatic carbocycles. The van der Waals surface area contributed by atoms with Crippen LogP contribution in [0.25, 0.3) is 0 Å². The minimum absolute atomic E-state index is 0.228. The fraction of sp³-hybridized carbons (Fsp3) is 0.462. The maximum Gasteiger partial charge on any atom is 0.253 e. The Morgan fingerprint density at radius 1 is 1.44 bits per heavy atom. The Morgan fingerprint density at radius 3 is 2.94 bits per heavy atom. The summed E-state index contributed by atoms with van der Waals surface area (Å²) < 4.78 is 5.34. The highest BCUT2D eigenvalue weighted by Gasteiger charge is 2.10. The molecule has 0 aliphatic carbocycles. The van der Waals surface area contributed by atoms with Gasteiger partial charge in [-0.1, -0.05) is 31.0 Å². The number of para-hydroxylation sites is 1. The first-order chi connectivity index (χ1) is 8.66. The Kier molecular flexibility index (Phi) is 6.54. The standard InChI is InChI=1S/C13H19ClN2O2/c1-2-3-8-18-9-7-16-13(17)10-5-4-6-11(14)12(10)15/h4-6H,2-3,7-9,15H2,1H3,(H,16,17). The van der Waals surface area contributed by atoms with Crippen LogP contribution in [-0.2, 0) is 4.74 Å². The van der Waals surface area contributed by atoms with E-state index < -0.39 is 0 Å². The van der Waals surface area contributed by atoms with Gasteiger partial charge < -0.3 is 15.8 Å². The largest absolute Gasteiger partial charge is 0.397 e. The maximum atomic E-state index is 11.8. The Bertz CT molecular complexity index is 397. The molecule has 0 radical (unpaired) electrons. The predicted octanol–water partition coefficient (Wildman–Crippen LogP) is 2.47. The molecule has 100 valence electrons. The summed E-state index contributed by atoms with van der Waals surface area (Å²) in [6.45, 7) is 3.81. The van der Waals surface area contributed by atoms with E-state index in [1.54, 1.807) is 18.2 Å². The van der Waals surface area contributed by atoms with Crippen molar-refractivity contribution < 1.29 is 9.53 Å². The van der Waals surface area contributed by atoms with Gasteiger partial charge in [0.25, 0.3) is 5.91 Å². The van der Waals surface area contributed by atoms with Crippen molar-refractivity contribution in [1.29, 1.82) is 0 Å². The van der Waals surface area contributed by atoms with Gasteiger partial charge in [0, 0.05) is 13.2 Å². The van der Waals surface area contributed by atoms with Crippen LogP contribution in [0.15, 0.2) is 18.2 Å². The normalized spacial score (nSPS) is 10.3. The zero-order chi connectivity index (χ0) is 13.4. The Balaban J connectivity index is 2.35. The van der Waals surface area contributed by atoms with Crippen LogP contribution in [0.4, 0.5) is 5.69 Å². The van der Waals surface area contributed by atoms with Crippen LogP contribution in [0.1, 0.15) is 30.1 Å². The third-order valence-electron chi connectivity index (χ3n) is 2.47. The number of halogens is 1. The molecule has 5 heteroatoms. The van der Waals surface area contributed by atoms with E-state index in [0.717, 1.165) is 19.4 Å². The number of nitrogens with one attached hydrogen (secondary N) is 1. The van der Waals surface area contributed by atoms with E-state index >= 15 is 0 Å². The molecule has 3 N–H and O–H groups in total. The minimum Gasteiger partial charge on any atom is -0.397 e. The molecule has 4 nitrogen and oxygen atoms in total. The smallest absolute Gasteiger partial charge is 0.253 e. The number of rotatable bonds is 7. The topological polar surface area (TPSA) is 64.3 Å². The van der Waals surface area contributed by atoms with E-state index in [-0.39, 0.29) is 5.91 Å². The number of ether oxygens (including phenoxy) is 1. The zero-order valence-electron chi connectivity index (χ0n) is 10.5. The number of nitrogen functional groups attached to an aromatic ring is 1. The second-order valence-corrected chi connectivity index (χ2v) is 4.33. The quantitative estimate of drug-likeness (QED) is 0.591. The van der Waals surface area contributed by atoms with Crippen LogP contribution in [-0.4, -0.2) is 25.7 Å². The highest BCUT2D eigenvalue weighted by Crippen LogP contribution is 2.21. The van der Waals surface area contributed by atoms with E-state index in [4.69, 9.17) is 22.1 Å². The van der Waals surface area contributed by atoms with Crippen molar-refractivity contribution in [2.24, 2.45) is 0 Å². The van der Waals surface area contributed by atoms with Gasteiger partial charge >= 0.3 is 0 Å². The molecule has 0 saturated carbocycles. The molecule has 1 amide bonds. The van der Waals surface area contributed by atoms with Gasteiger partial charge in [-0.05, 0) is 18.6 Å². The average Bonchev–Trinajstić information content (AvgIpc) is 2.36. The van der Waals surface area contributed by atoms with Crippen molar-refractivity contribution in [2.45, 2.75) is 19.8 Å². The molecule has 0 saturated heterocycles. The van der Waals surface area contributed by atoms with Crippen molar-refractivity contribution in [3.05, 3.63) is 28.8 Å². The molecule has 0 fully saturated rings. The summed E-state index contributed by atoms with van der Waals surface area (Å²) in [5.41, 5.74) is 6.44. The monoisotopic (exact) mass is 270 g/mol. The first-order valence-electron chi connectivity index (χ1n) is 6.06. The molecule has 0 unspecified atom stereocenters. The molecule has 0 bridgehead atoms. The molecular formula is C13H19ClN2O2. The van der Waals surface area contributed by atoms with E-state index in [1.807, 2.05) is 0 Å². The van der Waals surface area contributed by atoms with Gasteiger partial charge in [0.05, 0.1) is 22.9 Å². The molecule has 0 atom stereocenters. The molecule has 0 aromatic heterocycles. The van der Waals surface area contributed by atoms with Crippen molar-refractivity contribution in [1.82, 2.24) is 5.32 Å². The summed E-state index contributed by atoms with van der Waals surface area (Å²) in [5, 5.41) is 3.13. The zero-order valence-corrected chi connectivity index (χ0v) is 11.3. The van der Waals surface area contributed by atoms with Crippen LogP contribution in [0.5, 0.6) is 0 Å². The summed E-state index contributed by atoms with van der Waals surface area (Å²) in [6, 6.07) is 5.00. The van der Waals surface area contributed by atoms with Gasteiger partial charge in [0.2, 0.25) is 0 Å². The second kappa shape index (κ2) is 7.95. The number of nitrogens with two attached hydrogens (primary N) is 1. The van der Waals surface area contributed by atoms with Gasteiger partial charge in [-0.25, -0.2) is 0 Å². The first-order valence-corrected chi connectivity index (χ1v) is 6.44. The van der Waals surface area contributed by atoms with Crippen LogP contribution in [0.2, 0.25) is 5.02 Å². The number of unbranched alkanes of at least 4 members (excludes halogenated alkanes) is 1. The van der Waals surface area contributed by atoms with Gasteiger partial charge in [-0.3, -0.25) is 4.79 Å². The Morgan fingerprint density at radius 2 is 2.22 bits per heavy atom. The Labute approximate surface area is 112 Å². The van der Waals surface area contributed by atoms with Gasteiger partial charge in [0.1, 0.15) is 0 Å². The fourth-order valence-corrected chi connectivity index (χ4v) is 1.59. The van der Waals surface area contributed by atoms with Crippen LogP contribution in [0.3, 0.4) is 0 Å². The molecule has 1 rings (SSSR count). The van der Waals surface area contributed by atoms with Crippen molar-refractivity contribution in [3.8, 4) is 0 Å². The van der Waals surface area contributed by atoms with Gasteiger partial charge in [0.15, 0.2) is 0 Å². The number of carbonyl (C=O) groups excluding carboxylic acids is 1. The summed E-state index contributed by atoms with van der Waals surface area (Å²) in [6.07, 6.45) is 2.14. The average molecular weight is 271 g/mol. The Hall–Kier alpha value is -1.26. The van der Waals surface area contributed by atoms with E-state index in [0.29, 0.717) is 29.4 Å².